The lowest BCUT2D eigenvalue weighted by Gasteiger charge is -2.39. The smallest absolute Gasteiger partial charge is 0.369 e. The number of halogens is 3. The average Bonchev–Trinajstić information content (AvgIpc) is 2.68. The van der Waals surface area contributed by atoms with Crippen LogP contribution in [0, 0.1) is 0 Å². The first kappa shape index (κ1) is 20.0. The van der Waals surface area contributed by atoms with Gasteiger partial charge in [0.1, 0.15) is 0 Å². The zero-order chi connectivity index (χ0) is 19.4. The fourth-order valence-electron chi connectivity index (χ4n) is 3.98. The molecule has 1 aromatic rings. The Balaban J connectivity index is 1.53. The number of rotatable bonds is 4. The zero-order valence-corrected chi connectivity index (χ0v) is 15.8. The summed E-state index contributed by atoms with van der Waals surface area (Å²) in [5, 5.41) is 3.16. The van der Waals surface area contributed by atoms with Crippen molar-refractivity contribution in [2.24, 2.45) is 0 Å². The molecule has 1 heterocycles. The summed E-state index contributed by atoms with van der Waals surface area (Å²) in [5.74, 6) is 0.0643. The second kappa shape index (κ2) is 8.50. The number of anilines is 1. The maximum Gasteiger partial charge on any atom is 0.416 e. The van der Waals surface area contributed by atoms with Gasteiger partial charge >= 0.3 is 6.18 Å². The van der Waals surface area contributed by atoms with E-state index in [0.717, 1.165) is 18.9 Å². The maximum absolute atomic E-state index is 12.9. The van der Waals surface area contributed by atoms with Gasteiger partial charge < -0.3 is 10.2 Å². The molecular formula is C20H28F3N3O. The standard InChI is InChI=1S/C20H28F3N3O/c1-15(19(27)24-17-7-3-2-4-8-17)25-10-12-26(13-11-25)18-9-5-6-16(14-18)20(21,22)23/h5-6,9,14-15,17H,2-4,7-8,10-13H2,1H3,(H,24,27)/t15-/m1/s1. The maximum atomic E-state index is 12.9. The average molecular weight is 383 g/mol. The molecule has 27 heavy (non-hydrogen) atoms. The second-order valence-corrected chi connectivity index (χ2v) is 7.59. The Bertz CT molecular complexity index is 636. The molecule has 1 N–H and O–H groups in total. The molecule has 1 aliphatic carbocycles. The molecule has 3 rings (SSSR count). The normalized spacial score (nSPS) is 21.1. The molecule has 2 aliphatic rings. The number of amides is 1. The number of carbonyl (C=O) groups is 1. The van der Waals surface area contributed by atoms with Gasteiger partial charge in [-0.1, -0.05) is 25.3 Å². The van der Waals surface area contributed by atoms with E-state index in [9.17, 15) is 18.0 Å². The van der Waals surface area contributed by atoms with E-state index in [-0.39, 0.29) is 11.9 Å². The molecule has 1 saturated carbocycles. The highest BCUT2D eigenvalue weighted by Crippen LogP contribution is 2.32. The number of hydrogen-bond donors (Lipinski definition) is 1. The van der Waals surface area contributed by atoms with Crippen LogP contribution in [-0.2, 0) is 11.0 Å². The van der Waals surface area contributed by atoms with Crippen molar-refractivity contribution in [1.82, 2.24) is 10.2 Å². The van der Waals surface area contributed by atoms with Crippen molar-refractivity contribution >= 4 is 11.6 Å². The van der Waals surface area contributed by atoms with Crippen LogP contribution in [0.25, 0.3) is 0 Å². The predicted octanol–water partition coefficient (Wildman–Crippen LogP) is 3.66. The number of piperazine rings is 1. The minimum absolute atomic E-state index is 0.0643. The van der Waals surface area contributed by atoms with Crippen molar-refractivity contribution < 1.29 is 18.0 Å². The molecule has 0 radical (unpaired) electrons. The summed E-state index contributed by atoms with van der Waals surface area (Å²) in [7, 11) is 0. The van der Waals surface area contributed by atoms with E-state index in [1.54, 1.807) is 6.07 Å². The van der Waals surface area contributed by atoms with E-state index in [4.69, 9.17) is 0 Å². The van der Waals surface area contributed by atoms with Crippen molar-refractivity contribution in [3.05, 3.63) is 29.8 Å². The molecule has 0 spiro atoms. The zero-order valence-electron chi connectivity index (χ0n) is 15.8. The SMILES string of the molecule is C[C@H](C(=O)NC1CCCCC1)N1CCN(c2cccc(C(F)(F)F)c2)CC1. The third kappa shape index (κ3) is 5.15. The first-order valence-corrected chi connectivity index (χ1v) is 9.81. The molecule has 2 fully saturated rings. The van der Waals surface area contributed by atoms with Gasteiger partial charge in [0.05, 0.1) is 11.6 Å². The number of benzene rings is 1. The lowest BCUT2D eigenvalue weighted by Crippen LogP contribution is -2.55. The van der Waals surface area contributed by atoms with Gasteiger partial charge in [-0.05, 0) is 38.0 Å². The summed E-state index contributed by atoms with van der Waals surface area (Å²) in [6.45, 7) is 4.47. The van der Waals surface area contributed by atoms with E-state index >= 15 is 0 Å². The molecule has 0 aromatic heterocycles. The van der Waals surface area contributed by atoms with Crippen LogP contribution >= 0.6 is 0 Å². The molecule has 4 nitrogen and oxygen atoms in total. The van der Waals surface area contributed by atoms with Gasteiger partial charge in [-0.3, -0.25) is 9.69 Å². The van der Waals surface area contributed by atoms with Crippen LogP contribution in [0.2, 0.25) is 0 Å². The Morgan fingerprint density at radius 2 is 1.78 bits per heavy atom. The molecular weight excluding hydrogens is 355 g/mol. The molecule has 1 saturated heterocycles. The highest BCUT2D eigenvalue weighted by Gasteiger charge is 2.32. The molecule has 0 unspecified atom stereocenters. The Labute approximate surface area is 158 Å². The summed E-state index contributed by atoms with van der Waals surface area (Å²) in [5.41, 5.74) is -0.0357. The molecule has 150 valence electrons. The van der Waals surface area contributed by atoms with E-state index < -0.39 is 11.7 Å². The van der Waals surface area contributed by atoms with Crippen LogP contribution in [0.15, 0.2) is 24.3 Å². The van der Waals surface area contributed by atoms with Crippen LogP contribution in [0.1, 0.15) is 44.6 Å². The lowest BCUT2D eigenvalue weighted by atomic mass is 9.95. The summed E-state index contributed by atoms with van der Waals surface area (Å²) >= 11 is 0. The van der Waals surface area contributed by atoms with Crippen LogP contribution in [0.4, 0.5) is 18.9 Å². The Kier molecular flexibility index (Phi) is 6.29. The number of carbonyl (C=O) groups excluding carboxylic acids is 1. The largest absolute Gasteiger partial charge is 0.416 e. The van der Waals surface area contributed by atoms with Crippen molar-refractivity contribution in [2.75, 3.05) is 31.1 Å². The lowest BCUT2D eigenvalue weighted by molar-refractivity contribution is -0.137. The highest BCUT2D eigenvalue weighted by atomic mass is 19.4. The number of nitrogens with zero attached hydrogens (tertiary/aromatic N) is 2. The number of nitrogens with one attached hydrogen (secondary N) is 1. The van der Waals surface area contributed by atoms with Gasteiger partial charge in [0, 0.05) is 37.9 Å². The van der Waals surface area contributed by atoms with E-state index in [1.807, 2.05) is 11.8 Å². The summed E-state index contributed by atoms with van der Waals surface area (Å²) in [4.78, 5) is 16.6. The van der Waals surface area contributed by atoms with Gasteiger partial charge in [0.15, 0.2) is 0 Å². The fraction of sp³-hybridized carbons (Fsp3) is 0.650. The summed E-state index contributed by atoms with van der Waals surface area (Å²) in [6, 6.07) is 5.54. The molecule has 0 bridgehead atoms. The van der Waals surface area contributed by atoms with Gasteiger partial charge in [-0.2, -0.15) is 13.2 Å². The first-order chi connectivity index (χ1) is 12.8. The van der Waals surface area contributed by atoms with E-state index in [2.05, 4.69) is 10.2 Å². The molecule has 1 aromatic carbocycles. The molecule has 1 aliphatic heterocycles. The van der Waals surface area contributed by atoms with Gasteiger partial charge in [0.2, 0.25) is 5.91 Å². The van der Waals surface area contributed by atoms with E-state index in [0.29, 0.717) is 37.9 Å². The minimum atomic E-state index is -4.33. The Morgan fingerprint density at radius 1 is 1.11 bits per heavy atom. The van der Waals surface area contributed by atoms with Gasteiger partial charge in [-0.25, -0.2) is 0 Å². The molecule has 7 heteroatoms. The molecule has 1 amide bonds. The third-order valence-electron chi connectivity index (χ3n) is 5.73. The van der Waals surface area contributed by atoms with Crippen LogP contribution in [0.3, 0.4) is 0 Å². The van der Waals surface area contributed by atoms with Crippen LogP contribution < -0.4 is 10.2 Å². The van der Waals surface area contributed by atoms with Gasteiger partial charge in [-0.15, -0.1) is 0 Å². The summed E-state index contributed by atoms with van der Waals surface area (Å²) in [6.07, 6.45) is 1.39. The van der Waals surface area contributed by atoms with Crippen LogP contribution in [-0.4, -0.2) is 49.1 Å². The number of hydrogen-bond acceptors (Lipinski definition) is 3. The van der Waals surface area contributed by atoms with Crippen LogP contribution in [0.5, 0.6) is 0 Å². The second-order valence-electron chi connectivity index (χ2n) is 7.59. The Hall–Kier alpha value is -1.76. The van der Waals surface area contributed by atoms with Crippen molar-refractivity contribution in [1.29, 1.82) is 0 Å². The van der Waals surface area contributed by atoms with Crippen molar-refractivity contribution in [3.63, 3.8) is 0 Å². The highest BCUT2D eigenvalue weighted by molar-refractivity contribution is 5.81. The topological polar surface area (TPSA) is 35.6 Å². The predicted molar refractivity (Wildman–Crippen MR) is 99.7 cm³/mol. The van der Waals surface area contributed by atoms with E-state index in [1.165, 1.54) is 31.4 Å². The molecule has 1 atom stereocenters. The minimum Gasteiger partial charge on any atom is -0.369 e. The van der Waals surface area contributed by atoms with Crippen molar-refractivity contribution in [3.8, 4) is 0 Å². The Morgan fingerprint density at radius 3 is 2.41 bits per heavy atom. The quantitative estimate of drug-likeness (QED) is 0.862. The number of alkyl halides is 3. The fourth-order valence-corrected chi connectivity index (χ4v) is 3.98. The van der Waals surface area contributed by atoms with Crippen molar-refractivity contribution in [2.45, 2.75) is 57.3 Å². The monoisotopic (exact) mass is 383 g/mol. The summed E-state index contributed by atoms with van der Waals surface area (Å²) < 4.78 is 38.7. The third-order valence-corrected chi connectivity index (χ3v) is 5.73. The first-order valence-electron chi connectivity index (χ1n) is 9.81. The van der Waals surface area contributed by atoms with Gasteiger partial charge in [0.25, 0.3) is 0 Å².